The van der Waals surface area contributed by atoms with E-state index >= 15 is 0 Å². The van der Waals surface area contributed by atoms with Crippen LogP contribution in [0.2, 0.25) is 0 Å². The third-order valence-electron chi connectivity index (χ3n) is 6.47. The number of nitrogens with one attached hydrogen (secondary N) is 2. The highest BCUT2D eigenvalue weighted by atomic mass is 16.2. The van der Waals surface area contributed by atoms with Gasteiger partial charge in [-0.1, -0.05) is 26.0 Å². The summed E-state index contributed by atoms with van der Waals surface area (Å²) in [5, 5.41) is 3.01. The number of nitrogens with zero attached hydrogens (tertiary/aromatic N) is 3. The second kappa shape index (κ2) is 10.7. The van der Waals surface area contributed by atoms with Crippen LogP contribution >= 0.6 is 0 Å². The summed E-state index contributed by atoms with van der Waals surface area (Å²) in [6.45, 7) is 11.9. The Morgan fingerprint density at radius 3 is 2.63 bits per heavy atom. The number of aromatic nitrogens is 2. The molecule has 182 valence electrons. The van der Waals surface area contributed by atoms with E-state index in [9.17, 15) is 9.59 Å². The van der Waals surface area contributed by atoms with Gasteiger partial charge >= 0.3 is 0 Å². The Bertz CT molecular complexity index is 1240. The van der Waals surface area contributed by atoms with Gasteiger partial charge in [0.25, 0.3) is 11.8 Å². The van der Waals surface area contributed by atoms with Crippen molar-refractivity contribution < 1.29 is 9.59 Å². The Labute approximate surface area is 206 Å². The van der Waals surface area contributed by atoms with Gasteiger partial charge in [0, 0.05) is 48.0 Å². The summed E-state index contributed by atoms with van der Waals surface area (Å²) in [6.07, 6.45) is 5.39. The standard InChI is InChI=1S/C28H33N5O2/c1-5-32(6-2)13-12-30-27(34)22-9-10-23-24(16-25-19(3)14-20(4)31-25)28(35)33(26(23)15-22)18-21-8-7-11-29-17-21/h7-11,14-17,31H,5-6,12-13,18H2,1-4H3,(H,30,34)/b24-16-. The molecule has 0 bridgehead atoms. The monoisotopic (exact) mass is 471 g/mol. The fraction of sp³-hybridized carbons (Fsp3) is 0.321. The summed E-state index contributed by atoms with van der Waals surface area (Å²) in [7, 11) is 0. The molecule has 0 atom stereocenters. The van der Waals surface area contributed by atoms with Crippen LogP contribution in [0, 0.1) is 13.8 Å². The molecule has 7 nitrogen and oxygen atoms in total. The zero-order valence-corrected chi connectivity index (χ0v) is 20.9. The van der Waals surface area contributed by atoms with Crippen LogP contribution in [-0.2, 0) is 11.3 Å². The highest BCUT2D eigenvalue weighted by Gasteiger charge is 2.33. The number of aromatic amines is 1. The van der Waals surface area contributed by atoms with Gasteiger partial charge in [0.1, 0.15) is 0 Å². The molecule has 2 amide bonds. The molecule has 0 radical (unpaired) electrons. The lowest BCUT2D eigenvalue weighted by Crippen LogP contribution is -2.34. The molecule has 1 aliphatic heterocycles. The number of pyridine rings is 1. The molecule has 35 heavy (non-hydrogen) atoms. The minimum Gasteiger partial charge on any atom is -0.359 e. The summed E-state index contributed by atoms with van der Waals surface area (Å²) in [6, 6.07) is 11.4. The van der Waals surface area contributed by atoms with Crippen LogP contribution < -0.4 is 10.2 Å². The number of hydrogen-bond donors (Lipinski definition) is 2. The molecule has 0 spiro atoms. The molecule has 4 rings (SSSR count). The molecule has 0 saturated heterocycles. The molecule has 7 heteroatoms. The lowest BCUT2D eigenvalue weighted by atomic mass is 10.0. The van der Waals surface area contributed by atoms with Crippen molar-refractivity contribution in [3.05, 3.63) is 82.4 Å². The predicted octanol–water partition coefficient (Wildman–Crippen LogP) is 4.19. The molecule has 3 aromatic rings. The quantitative estimate of drug-likeness (QED) is 0.459. The number of likely N-dealkylation sites (N-methyl/N-ethyl adjacent to an activating group) is 1. The van der Waals surface area contributed by atoms with Gasteiger partial charge in [-0.2, -0.15) is 0 Å². The topological polar surface area (TPSA) is 81.3 Å². The molecule has 0 unspecified atom stereocenters. The molecule has 0 aliphatic carbocycles. The maximum absolute atomic E-state index is 13.6. The summed E-state index contributed by atoms with van der Waals surface area (Å²) in [4.78, 5) is 38.0. The summed E-state index contributed by atoms with van der Waals surface area (Å²) in [5.74, 6) is -0.225. The summed E-state index contributed by atoms with van der Waals surface area (Å²) in [5.41, 5.74) is 6.69. The summed E-state index contributed by atoms with van der Waals surface area (Å²) < 4.78 is 0. The molecule has 0 saturated carbocycles. The Morgan fingerprint density at radius 1 is 1.17 bits per heavy atom. The lowest BCUT2D eigenvalue weighted by Gasteiger charge is -2.19. The van der Waals surface area contributed by atoms with Gasteiger partial charge in [0.2, 0.25) is 0 Å². The average molecular weight is 472 g/mol. The van der Waals surface area contributed by atoms with E-state index in [-0.39, 0.29) is 11.8 Å². The van der Waals surface area contributed by atoms with E-state index in [2.05, 4.69) is 40.1 Å². The van der Waals surface area contributed by atoms with E-state index < -0.39 is 0 Å². The van der Waals surface area contributed by atoms with E-state index in [1.54, 1.807) is 23.4 Å². The Hall–Kier alpha value is -3.71. The second-order valence-electron chi connectivity index (χ2n) is 8.87. The average Bonchev–Trinajstić information content (AvgIpc) is 3.32. The van der Waals surface area contributed by atoms with Crippen molar-refractivity contribution in [3.63, 3.8) is 0 Å². The maximum Gasteiger partial charge on any atom is 0.259 e. The van der Waals surface area contributed by atoms with Gasteiger partial charge in [-0.3, -0.25) is 14.6 Å². The fourth-order valence-electron chi connectivity index (χ4n) is 4.48. The molecule has 2 N–H and O–H groups in total. The Kier molecular flexibility index (Phi) is 7.46. The van der Waals surface area contributed by atoms with Crippen LogP contribution in [-0.4, -0.2) is 52.9 Å². The molecule has 3 heterocycles. The van der Waals surface area contributed by atoms with Crippen molar-refractivity contribution in [2.45, 2.75) is 34.2 Å². The number of carbonyl (C=O) groups is 2. The van der Waals surface area contributed by atoms with Crippen LogP contribution in [0.1, 0.15) is 52.3 Å². The Balaban J connectivity index is 1.66. The number of amides is 2. The number of anilines is 1. The van der Waals surface area contributed by atoms with E-state index in [1.807, 2.05) is 44.2 Å². The van der Waals surface area contributed by atoms with Gasteiger partial charge in [-0.05, 0) is 68.4 Å². The second-order valence-corrected chi connectivity index (χ2v) is 8.87. The van der Waals surface area contributed by atoms with Gasteiger partial charge in [0.15, 0.2) is 0 Å². The van der Waals surface area contributed by atoms with Crippen LogP contribution in [0.25, 0.3) is 11.6 Å². The van der Waals surface area contributed by atoms with Gasteiger partial charge in [-0.25, -0.2) is 0 Å². The van der Waals surface area contributed by atoms with Crippen molar-refractivity contribution in [1.29, 1.82) is 0 Å². The predicted molar refractivity (Wildman–Crippen MR) is 140 cm³/mol. The molecular weight excluding hydrogens is 438 g/mol. The minimum absolute atomic E-state index is 0.0883. The van der Waals surface area contributed by atoms with Gasteiger partial charge < -0.3 is 20.1 Å². The van der Waals surface area contributed by atoms with Crippen LogP contribution in [0.15, 0.2) is 48.8 Å². The highest BCUT2D eigenvalue weighted by molar-refractivity contribution is 6.36. The first kappa shape index (κ1) is 24.4. The van der Waals surface area contributed by atoms with Crippen molar-refractivity contribution in [3.8, 4) is 0 Å². The van der Waals surface area contributed by atoms with Crippen molar-refractivity contribution in [1.82, 2.24) is 20.2 Å². The van der Waals surface area contributed by atoms with Crippen LogP contribution in [0.4, 0.5) is 5.69 Å². The van der Waals surface area contributed by atoms with Gasteiger partial charge in [-0.15, -0.1) is 0 Å². The normalized spacial score (nSPS) is 14.1. The molecule has 2 aromatic heterocycles. The Morgan fingerprint density at radius 2 is 1.97 bits per heavy atom. The lowest BCUT2D eigenvalue weighted by molar-refractivity contribution is -0.113. The van der Waals surface area contributed by atoms with Gasteiger partial charge in [0.05, 0.1) is 17.8 Å². The SMILES string of the molecule is CCN(CC)CCNC(=O)c1ccc2c(c1)N(Cc1cccnc1)C(=O)/C2=C\c1[nH]c(C)cc1C. The third kappa shape index (κ3) is 5.35. The van der Waals surface area contributed by atoms with E-state index in [4.69, 9.17) is 0 Å². The largest absolute Gasteiger partial charge is 0.359 e. The number of carbonyl (C=O) groups excluding carboxylic acids is 2. The number of rotatable bonds is 9. The van der Waals surface area contributed by atoms with E-state index in [0.717, 1.165) is 53.4 Å². The number of benzene rings is 1. The zero-order valence-electron chi connectivity index (χ0n) is 20.9. The first-order valence-electron chi connectivity index (χ1n) is 12.1. The smallest absolute Gasteiger partial charge is 0.259 e. The number of aryl methyl sites for hydroxylation is 2. The van der Waals surface area contributed by atoms with Crippen LogP contribution in [0.5, 0.6) is 0 Å². The molecule has 0 fully saturated rings. The maximum atomic E-state index is 13.6. The number of hydrogen-bond acceptors (Lipinski definition) is 4. The van der Waals surface area contributed by atoms with Crippen molar-refractivity contribution in [2.75, 3.05) is 31.1 Å². The number of H-pyrrole nitrogens is 1. The molecular formula is C28H33N5O2. The third-order valence-corrected chi connectivity index (χ3v) is 6.47. The van der Waals surface area contributed by atoms with E-state index in [1.165, 1.54) is 0 Å². The van der Waals surface area contributed by atoms with Crippen LogP contribution in [0.3, 0.4) is 0 Å². The zero-order chi connectivity index (χ0) is 24.9. The minimum atomic E-state index is -0.137. The fourth-order valence-corrected chi connectivity index (χ4v) is 4.48. The van der Waals surface area contributed by atoms with Crippen molar-refractivity contribution >= 4 is 29.2 Å². The summed E-state index contributed by atoms with van der Waals surface area (Å²) >= 11 is 0. The van der Waals surface area contributed by atoms with Crippen molar-refractivity contribution in [2.24, 2.45) is 0 Å². The van der Waals surface area contributed by atoms with E-state index in [0.29, 0.717) is 24.2 Å². The number of fused-ring (bicyclic) bond motifs is 1. The first-order chi connectivity index (χ1) is 16.9. The first-order valence-corrected chi connectivity index (χ1v) is 12.1. The molecule has 1 aliphatic rings. The highest BCUT2D eigenvalue weighted by Crippen LogP contribution is 2.39. The molecule has 1 aromatic carbocycles.